The number of likely N-dealkylation sites (N-methyl/N-ethyl adjacent to an activating group) is 1. The Kier molecular flexibility index (Phi) is 4.31. The number of aromatic nitrogens is 2. The van der Waals surface area contributed by atoms with Crippen molar-refractivity contribution >= 4 is 38.6 Å². The molecular weight excluding hydrogens is 310 g/mol. The molecule has 0 fully saturated rings. The second-order valence-electron chi connectivity index (χ2n) is 4.01. The molecule has 0 atom stereocenters. The normalized spacial score (nSPS) is 10.5. The Labute approximate surface area is 119 Å². The minimum atomic E-state index is -0.257. The number of hydrogen-bond donors (Lipinski definition) is 0. The van der Waals surface area contributed by atoms with E-state index in [4.69, 9.17) is 4.74 Å². The maximum absolute atomic E-state index is 11.5. The molecule has 0 saturated carbocycles. The SMILES string of the molecule is CCOC(=O)CN(C)c1ccnc2cc(Br)cnc12. The molecular formula is C13H14BrN3O2. The Balaban J connectivity index is 2.31. The van der Waals surface area contributed by atoms with Crippen LogP contribution in [0.15, 0.2) is 29.0 Å². The molecule has 0 N–H and O–H groups in total. The summed E-state index contributed by atoms with van der Waals surface area (Å²) in [6.45, 7) is 2.36. The number of fused-ring (bicyclic) bond motifs is 1. The molecule has 0 unspecified atom stereocenters. The highest BCUT2D eigenvalue weighted by atomic mass is 79.9. The smallest absolute Gasteiger partial charge is 0.325 e. The molecule has 0 bridgehead atoms. The van der Waals surface area contributed by atoms with Crippen LogP contribution in [0.5, 0.6) is 0 Å². The average Bonchev–Trinajstić information content (AvgIpc) is 2.37. The van der Waals surface area contributed by atoms with Gasteiger partial charge in [0, 0.05) is 23.9 Å². The number of halogens is 1. The van der Waals surface area contributed by atoms with Gasteiger partial charge >= 0.3 is 5.97 Å². The monoisotopic (exact) mass is 323 g/mol. The number of rotatable bonds is 4. The van der Waals surface area contributed by atoms with Crippen molar-refractivity contribution in [2.75, 3.05) is 25.1 Å². The maximum atomic E-state index is 11.5. The zero-order valence-electron chi connectivity index (χ0n) is 10.8. The minimum absolute atomic E-state index is 0.185. The van der Waals surface area contributed by atoms with Crippen LogP contribution in [0.25, 0.3) is 11.0 Å². The highest BCUT2D eigenvalue weighted by Gasteiger charge is 2.12. The summed E-state index contributed by atoms with van der Waals surface area (Å²) in [4.78, 5) is 21.9. The number of esters is 1. The lowest BCUT2D eigenvalue weighted by molar-refractivity contribution is -0.141. The fraction of sp³-hybridized carbons (Fsp3) is 0.308. The first-order chi connectivity index (χ1) is 9.11. The largest absolute Gasteiger partial charge is 0.465 e. The molecule has 100 valence electrons. The van der Waals surface area contributed by atoms with E-state index < -0.39 is 0 Å². The average molecular weight is 324 g/mol. The molecule has 19 heavy (non-hydrogen) atoms. The van der Waals surface area contributed by atoms with Gasteiger partial charge in [0.15, 0.2) is 0 Å². The van der Waals surface area contributed by atoms with E-state index in [0.717, 1.165) is 21.2 Å². The molecule has 2 aromatic rings. The number of carbonyl (C=O) groups excluding carboxylic acids is 1. The molecule has 0 amide bonds. The molecule has 5 nitrogen and oxygen atoms in total. The lowest BCUT2D eigenvalue weighted by Gasteiger charge is -2.19. The molecule has 2 aromatic heterocycles. The molecule has 2 heterocycles. The second kappa shape index (κ2) is 5.97. The van der Waals surface area contributed by atoms with E-state index in [9.17, 15) is 4.79 Å². The van der Waals surface area contributed by atoms with Gasteiger partial charge in [-0.15, -0.1) is 0 Å². The summed E-state index contributed by atoms with van der Waals surface area (Å²) in [5.41, 5.74) is 2.39. The highest BCUT2D eigenvalue weighted by molar-refractivity contribution is 9.10. The summed E-state index contributed by atoms with van der Waals surface area (Å²) < 4.78 is 5.81. The van der Waals surface area contributed by atoms with Gasteiger partial charge in [0.25, 0.3) is 0 Å². The van der Waals surface area contributed by atoms with Crippen LogP contribution in [-0.4, -0.2) is 36.1 Å². The zero-order chi connectivity index (χ0) is 13.8. The van der Waals surface area contributed by atoms with E-state index >= 15 is 0 Å². The Morgan fingerprint density at radius 2 is 2.26 bits per heavy atom. The van der Waals surface area contributed by atoms with E-state index in [1.54, 1.807) is 19.3 Å². The summed E-state index contributed by atoms with van der Waals surface area (Å²) >= 11 is 3.36. The van der Waals surface area contributed by atoms with Gasteiger partial charge in [-0.2, -0.15) is 0 Å². The highest BCUT2D eigenvalue weighted by Crippen LogP contribution is 2.24. The van der Waals surface area contributed by atoms with Gasteiger partial charge in [0.1, 0.15) is 12.1 Å². The summed E-state index contributed by atoms with van der Waals surface area (Å²) in [6.07, 6.45) is 3.42. The van der Waals surface area contributed by atoms with Gasteiger partial charge in [-0.3, -0.25) is 14.8 Å². The topological polar surface area (TPSA) is 55.3 Å². The van der Waals surface area contributed by atoms with Gasteiger partial charge < -0.3 is 9.64 Å². The number of pyridine rings is 2. The predicted molar refractivity (Wildman–Crippen MR) is 77.1 cm³/mol. The van der Waals surface area contributed by atoms with Crippen LogP contribution in [0, 0.1) is 0 Å². The standard InChI is InChI=1S/C13H14BrN3O2/c1-3-19-12(18)8-17(2)11-4-5-15-10-6-9(14)7-16-13(10)11/h4-7H,3,8H2,1-2H3. The first-order valence-corrected chi connectivity index (χ1v) is 6.68. The molecule has 0 aromatic carbocycles. The van der Waals surface area contributed by atoms with Crippen molar-refractivity contribution in [2.24, 2.45) is 0 Å². The zero-order valence-corrected chi connectivity index (χ0v) is 12.3. The fourth-order valence-electron chi connectivity index (χ4n) is 1.78. The van der Waals surface area contributed by atoms with E-state index in [2.05, 4.69) is 25.9 Å². The van der Waals surface area contributed by atoms with Crippen LogP contribution < -0.4 is 4.90 Å². The maximum Gasteiger partial charge on any atom is 0.325 e. The molecule has 0 saturated heterocycles. The van der Waals surface area contributed by atoms with Crippen LogP contribution in [0.2, 0.25) is 0 Å². The van der Waals surface area contributed by atoms with Crippen LogP contribution in [0.1, 0.15) is 6.92 Å². The number of ether oxygens (including phenoxy) is 1. The van der Waals surface area contributed by atoms with Crippen LogP contribution in [-0.2, 0) is 9.53 Å². The third kappa shape index (κ3) is 3.20. The minimum Gasteiger partial charge on any atom is -0.465 e. The molecule has 2 rings (SSSR count). The number of carbonyl (C=O) groups is 1. The van der Waals surface area contributed by atoms with Crippen molar-refractivity contribution < 1.29 is 9.53 Å². The summed E-state index contributed by atoms with van der Waals surface area (Å²) in [5.74, 6) is -0.257. The molecule has 6 heteroatoms. The first kappa shape index (κ1) is 13.7. The molecule has 0 spiro atoms. The number of hydrogen-bond acceptors (Lipinski definition) is 5. The Bertz CT molecular complexity index is 603. The van der Waals surface area contributed by atoms with Crippen molar-refractivity contribution in [3.63, 3.8) is 0 Å². The Morgan fingerprint density at radius 1 is 1.47 bits per heavy atom. The fourth-order valence-corrected chi connectivity index (χ4v) is 2.10. The summed E-state index contributed by atoms with van der Waals surface area (Å²) in [6, 6.07) is 3.73. The third-order valence-corrected chi connectivity index (χ3v) is 3.04. The lowest BCUT2D eigenvalue weighted by atomic mass is 10.2. The molecule has 0 radical (unpaired) electrons. The van der Waals surface area contributed by atoms with Crippen LogP contribution in [0.3, 0.4) is 0 Å². The van der Waals surface area contributed by atoms with Gasteiger partial charge in [-0.1, -0.05) is 0 Å². The molecule has 0 aliphatic carbocycles. The number of nitrogens with zero attached hydrogens (tertiary/aromatic N) is 3. The van der Waals surface area contributed by atoms with Crippen LogP contribution >= 0.6 is 15.9 Å². The molecule has 0 aliphatic heterocycles. The van der Waals surface area contributed by atoms with Crippen molar-refractivity contribution in [3.05, 3.63) is 29.0 Å². The van der Waals surface area contributed by atoms with Gasteiger partial charge in [-0.25, -0.2) is 0 Å². The summed E-state index contributed by atoms with van der Waals surface area (Å²) in [5, 5.41) is 0. The van der Waals surface area contributed by atoms with E-state index in [0.29, 0.717) is 6.61 Å². The van der Waals surface area contributed by atoms with Crippen molar-refractivity contribution in [1.29, 1.82) is 0 Å². The first-order valence-electron chi connectivity index (χ1n) is 5.89. The Hall–Kier alpha value is -1.69. The van der Waals surface area contributed by atoms with Crippen LogP contribution in [0.4, 0.5) is 5.69 Å². The van der Waals surface area contributed by atoms with Gasteiger partial charge in [0.2, 0.25) is 0 Å². The summed E-state index contributed by atoms with van der Waals surface area (Å²) in [7, 11) is 1.83. The van der Waals surface area contributed by atoms with Gasteiger partial charge in [0.05, 0.1) is 17.8 Å². The van der Waals surface area contributed by atoms with Gasteiger partial charge in [-0.05, 0) is 35.0 Å². The third-order valence-electron chi connectivity index (χ3n) is 2.61. The van der Waals surface area contributed by atoms with Crippen molar-refractivity contribution in [1.82, 2.24) is 9.97 Å². The van der Waals surface area contributed by atoms with Crippen molar-refractivity contribution in [2.45, 2.75) is 6.92 Å². The molecule has 0 aliphatic rings. The van der Waals surface area contributed by atoms with Crippen molar-refractivity contribution in [3.8, 4) is 0 Å². The van der Waals surface area contributed by atoms with E-state index in [1.165, 1.54) is 0 Å². The number of anilines is 1. The predicted octanol–water partition coefficient (Wildman–Crippen LogP) is 2.39. The Morgan fingerprint density at radius 3 is 3.00 bits per heavy atom. The lowest BCUT2D eigenvalue weighted by Crippen LogP contribution is -2.27. The second-order valence-corrected chi connectivity index (χ2v) is 4.93. The quantitative estimate of drug-likeness (QED) is 0.809. The van der Waals surface area contributed by atoms with E-state index in [-0.39, 0.29) is 12.5 Å². The van der Waals surface area contributed by atoms with E-state index in [1.807, 2.05) is 24.1 Å².